The van der Waals surface area contributed by atoms with Gasteiger partial charge in [-0.05, 0) is 36.8 Å². The normalized spacial score (nSPS) is 16.3. The molecule has 4 rings (SSSR count). The van der Waals surface area contributed by atoms with Gasteiger partial charge in [-0.3, -0.25) is 4.99 Å². The maximum absolute atomic E-state index is 14.0. The van der Waals surface area contributed by atoms with E-state index in [0.717, 1.165) is 24.3 Å². The topological polar surface area (TPSA) is 70.4 Å². The van der Waals surface area contributed by atoms with Gasteiger partial charge in [0.1, 0.15) is 0 Å². The Bertz CT molecular complexity index is 976. The van der Waals surface area contributed by atoms with E-state index in [-0.39, 0.29) is 35.8 Å². The number of guanidine groups is 1. The summed E-state index contributed by atoms with van der Waals surface area (Å²) in [6, 6.07) is 15.2. The van der Waals surface area contributed by atoms with Crippen LogP contribution in [0, 0.1) is 5.82 Å². The van der Waals surface area contributed by atoms with Crippen LogP contribution >= 0.6 is 24.0 Å². The van der Waals surface area contributed by atoms with Gasteiger partial charge in [0.25, 0.3) is 0 Å². The number of nitrogens with zero attached hydrogens (tertiary/aromatic N) is 5. The van der Waals surface area contributed by atoms with E-state index in [1.807, 2.05) is 52.2 Å². The van der Waals surface area contributed by atoms with Crippen LogP contribution in [0.15, 0.2) is 65.9 Å². The number of aromatic nitrogens is 3. The van der Waals surface area contributed by atoms with Gasteiger partial charge >= 0.3 is 0 Å². The van der Waals surface area contributed by atoms with Crippen molar-refractivity contribution in [2.75, 3.05) is 25.0 Å². The zero-order valence-electron chi connectivity index (χ0n) is 16.7. The third kappa shape index (κ3) is 5.26. The Kier molecular flexibility index (Phi) is 7.61. The summed E-state index contributed by atoms with van der Waals surface area (Å²) in [7, 11) is 1.74. The Balaban J connectivity index is 0.00000256. The van der Waals surface area contributed by atoms with E-state index >= 15 is 0 Å². The quantitative estimate of drug-likeness (QED) is 0.307. The number of halogens is 2. The second-order valence-electron chi connectivity index (χ2n) is 6.90. The molecule has 1 unspecified atom stereocenters. The molecule has 0 spiro atoms. The van der Waals surface area contributed by atoms with Crippen molar-refractivity contribution in [2.24, 2.45) is 4.99 Å². The summed E-state index contributed by atoms with van der Waals surface area (Å²) >= 11 is 0. The summed E-state index contributed by atoms with van der Waals surface area (Å²) in [5.74, 6) is 0.823. The third-order valence-corrected chi connectivity index (χ3v) is 4.89. The minimum atomic E-state index is -0.287. The van der Waals surface area contributed by atoms with Crippen molar-refractivity contribution in [3.8, 4) is 5.69 Å². The van der Waals surface area contributed by atoms with E-state index in [4.69, 9.17) is 0 Å². The standard InChI is InChI=1S/C21H24FN7.HI/c1-23-21(25-14-16-10-13-29(27-16)18-6-3-2-4-7-18)26-17-9-12-28(15-17)20-19(22)8-5-11-24-20;/h2-8,10-11,13,17H,9,12,14-15H2,1H3,(H2,23,25,26);1H. The molecule has 2 aromatic heterocycles. The van der Waals surface area contributed by atoms with Crippen LogP contribution in [0.1, 0.15) is 12.1 Å². The zero-order valence-corrected chi connectivity index (χ0v) is 19.0. The van der Waals surface area contributed by atoms with E-state index in [0.29, 0.717) is 24.9 Å². The summed E-state index contributed by atoms with van der Waals surface area (Å²) in [6.07, 6.45) is 4.45. The van der Waals surface area contributed by atoms with Crippen LogP contribution < -0.4 is 15.5 Å². The number of anilines is 1. The number of nitrogens with one attached hydrogen (secondary N) is 2. The van der Waals surface area contributed by atoms with Crippen molar-refractivity contribution in [2.45, 2.75) is 19.0 Å². The summed E-state index contributed by atoms with van der Waals surface area (Å²) < 4.78 is 15.8. The maximum Gasteiger partial charge on any atom is 0.191 e. The molecule has 0 amide bonds. The van der Waals surface area contributed by atoms with Gasteiger partial charge in [0.15, 0.2) is 17.6 Å². The maximum atomic E-state index is 14.0. The minimum absolute atomic E-state index is 0. The van der Waals surface area contributed by atoms with E-state index < -0.39 is 0 Å². The van der Waals surface area contributed by atoms with Gasteiger partial charge in [-0.15, -0.1) is 24.0 Å². The number of hydrogen-bond donors (Lipinski definition) is 2. The molecule has 0 saturated carbocycles. The van der Waals surface area contributed by atoms with E-state index in [1.54, 1.807) is 19.3 Å². The fourth-order valence-electron chi connectivity index (χ4n) is 3.42. The lowest BCUT2D eigenvalue weighted by Gasteiger charge is -2.19. The van der Waals surface area contributed by atoms with Gasteiger partial charge < -0.3 is 15.5 Å². The Labute approximate surface area is 192 Å². The molecule has 3 heterocycles. The molecule has 1 saturated heterocycles. The molecule has 2 N–H and O–H groups in total. The lowest BCUT2D eigenvalue weighted by atomic mass is 10.3. The van der Waals surface area contributed by atoms with Gasteiger partial charge in [0.05, 0.1) is 17.9 Å². The molecule has 1 aliphatic rings. The predicted molar refractivity (Wildman–Crippen MR) is 127 cm³/mol. The fraction of sp³-hybridized carbons (Fsp3) is 0.286. The van der Waals surface area contributed by atoms with Crippen molar-refractivity contribution >= 4 is 35.8 Å². The highest BCUT2D eigenvalue weighted by atomic mass is 127. The first-order valence-electron chi connectivity index (χ1n) is 9.65. The molecule has 0 radical (unpaired) electrons. The summed E-state index contributed by atoms with van der Waals surface area (Å²) in [5, 5.41) is 11.3. The molecule has 3 aromatic rings. The molecule has 0 bridgehead atoms. The number of para-hydroxylation sites is 1. The van der Waals surface area contributed by atoms with Crippen molar-refractivity contribution in [3.05, 3.63) is 72.4 Å². The fourth-order valence-corrected chi connectivity index (χ4v) is 3.42. The molecule has 1 atom stereocenters. The zero-order chi connectivity index (χ0) is 20.1. The van der Waals surface area contributed by atoms with Crippen molar-refractivity contribution in [1.29, 1.82) is 0 Å². The highest BCUT2D eigenvalue weighted by Crippen LogP contribution is 2.20. The minimum Gasteiger partial charge on any atom is -0.352 e. The first-order chi connectivity index (χ1) is 14.2. The summed E-state index contributed by atoms with van der Waals surface area (Å²) in [6.45, 7) is 1.99. The lowest BCUT2D eigenvalue weighted by Crippen LogP contribution is -2.44. The van der Waals surface area contributed by atoms with Gasteiger partial charge in [-0.2, -0.15) is 5.10 Å². The number of benzene rings is 1. The smallest absolute Gasteiger partial charge is 0.191 e. The molecule has 30 heavy (non-hydrogen) atoms. The van der Waals surface area contributed by atoms with Crippen LogP contribution in [0.2, 0.25) is 0 Å². The SMILES string of the molecule is CN=C(NCc1ccn(-c2ccccc2)n1)NC1CCN(c2ncccc2F)C1.I. The molecule has 0 aliphatic carbocycles. The van der Waals surface area contributed by atoms with Crippen LogP contribution in [0.25, 0.3) is 5.69 Å². The van der Waals surface area contributed by atoms with E-state index in [2.05, 4.69) is 25.7 Å². The van der Waals surface area contributed by atoms with Crippen LogP contribution in [-0.4, -0.2) is 46.9 Å². The van der Waals surface area contributed by atoms with E-state index in [9.17, 15) is 4.39 Å². The molecule has 9 heteroatoms. The Morgan fingerprint density at radius 1 is 1.20 bits per heavy atom. The average Bonchev–Trinajstić information content (AvgIpc) is 3.42. The molecule has 1 aromatic carbocycles. The number of aliphatic imine (C=N–C) groups is 1. The third-order valence-electron chi connectivity index (χ3n) is 4.89. The monoisotopic (exact) mass is 521 g/mol. The van der Waals surface area contributed by atoms with Gasteiger partial charge in [-0.25, -0.2) is 14.1 Å². The largest absolute Gasteiger partial charge is 0.352 e. The second kappa shape index (κ2) is 10.4. The summed E-state index contributed by atoms with van der Waals surface area (Å²) in [4.78, 5) is 10.4. The lowest BCUT2D eigenvalue weighted by molar-refractivity contribution is 0.612. The highest BCUT2D eigenvalue weighted by Gasteiger charge is 2.25. The van der Waals surface area contributed by atoms with Crippen molar-refractivity contribution < 1.29 is 4.39 Å². The molecule has 7 nitrogen and oxygen atoms in total. The van der Waals surface area contributed by atoms with Crippen LogP contribution in [0.4, 0.5) is 10.2 Å². The Morgan fingerprint density at radius 3 is 2.80 bits per heavy atom. The highest BCUT2D eigenvalue weighted by molar-refractivity contribution is 14.0. The first kappa shape index (κ1) is 22.0. The number of rotatable bonds is 5. The predicted octanol–water partition coefficient (Wildman–Crippen LogP) is 2.97. The molecule has 1 aliphatic heterocycles. The summed E-state index contributed by atoms with van der Waals surface area (Å²) in [5.41, 5.74) is 1.94. The van der Waals surface area contributed by atoms with Crippen molar-refractivity contribution in [3.63, 3.8) is 0 Å². The average molecular weight is 521 g/mol. The molecule has 1 fully saturated rings. The van der Waals surface area contributed by atoms with Crippen LogP contribution in [-0.2, 0) is 6.54 Å². The molecular formula is C21H25FIN7. The van der Waals surface area contributed by atoms with Gasteiger partial charge in [0.2, 0.25) is 0 Å². The molecular weight excluding hydrogens is 496 g/mol. The number of hydrogen-bond acceptors (Lipinski definition) is 4. The second-order valence-corrected chi connectivity index (χ2v) is 6.90. The van der Waals surface area contributed by atoms with E-state index in [1.165, 1.54) is 6.07 Å². The van der Waals surface area contributed by atoms with Crippen LogP contribution in [0.5, 0.6) is 0 Å². The van der Waals surface area contributed by atoms with Crippen LogP contribution in [0.3, 0.4) is 0 Å². The molecule has 158 valence electrons. The van der Waals surface area contributed by atoms with Crippen molar-refractivity contribution in [1.82, 2.24) is 25.4 Å². The van der Waals surface area contributed by atoms with Gasteiger partial charge in [-0.1, -0.05) is 18.2 Å². The Hall–Kier alpha value is -2.69. The Morgan fingerprint density at radius 2 is 2.03 bits per heavy atom. The first-order valence-corrected chi connectivity index (χ1v) is 9.65. The van der Waals surface area contributed by atoms with Gasteiger partial charge in [0, 0.05) is 38.6 Å². The number of pyridine rings is 1.